The number of amides is 3. The van der Waals surface area contributed by atoms with Crippen LogP contribution < -0.4 is 11.1 Å². The van der Waals surface area contributed by atoms with Crippen LogP contribution >= 0.6 is 0 Å². The van der Waals surface area contributed by atoms with Crippen LogP contribution in [0, 0.1) is 0 Å². The third-order valence-corrected chi connectivity index (χ3v) is 5.21. The molecule has 2 aliphatic rings. The number of pyridine rings is 1. The molecule has 26 heavy (non-hydrogen) atoms. The first kappa shape index (κ1) is 16.4. The molecule has 3 N–H and O–H groups in total. The molecule has 7 nitrogen and oxygen atoms in total. The number of nitrogens with two attached hydrogens (primary N) is 1. The van der Waals surface area contributed by atoms with Crippen molar-refractivity contribution in [3.05, 3.63) is 42.7 Å². The van der Waals surface area contributed by atoms with Crippen LogP contribution in [0.25, 0.3) is 11.1 Å². The third-order valence-electron chi connectivity index (χ3n) is 5.21. The third kappa shape index (κ3) is 2.85. The summed E-state index contributed by atoms with van der Waals surface area (Å²) in [6, 6.07) is 9.44. The molecule has 1 aromatic heterocycles. The molecule has 0 spiro atoms. The Kier molecular flexibility index (Phi) is 3.99. The summed E-state index contributed by atoms with van der Waals surface area (Å²) in [7, 11) is 0. The Balaban J connectivity index is 1.50. The smallest absolute Gasteiger partial charge is 0.322 e. The van der Waals surface area contributed by atoms with E-state index >= 15 is 0 Å². The van der Waals surface area contributed by atoms with Gasteiger partial charge in [0.25, 0.3) is 0 Å². The minimum absolute atomic E-state index is 0.0758. The Labute approximate surface area is 151 Å². The number of urea groups is 1. The Morgan fingerprint density at radius 2 is 1.77 bits per heavy atom. The largest absolute Gasteiger partial charge is 0.397 e. The van der Waals surface area contributed by atoms with Crippen LogP contribution in [0.3, 0.4) is 0 Å². The van der Waals surface area contributed by atoms with Crippen molar-refractivity contribution >= 4 is 23.3 Å². The molecule has 2 atom stereocenters. The zero-order chi connectivity index (χ0) is 18.3. The van der Waals surface area contributed by atoms with Crippen molar-refractivity contribution in [1.29, 1.82) is 0 Å². The molecule has 7 heteroatoms. The fraction of sp³-hybridized carbons (Fsp3) is 0.316. The van der Waals surface area contributed by atoms with Gasteiger partial charge in [-0.05, 0) is 41.8 Å². The number of carbonyl (C=O) groups excluding carboxylic acids is 2. The summed E-state index contributed by atoms with van der Waals surface area (Å²) in [6.07, 6.45) is 4.30. The van der Waals surface area contributed by atoms with Gasteiger partial charge in [0.15, 0.2) is 0 Å². The second-order valence-electron chi connectivity index (χ2n) is 6.84. The summed E-state index contributed by atoms with van der Waals surface area (Å²) in [6.45, 7) is 2.76. The molecule has 2 aliphatic heterocycles. The number of benzene rings is 1. The first-order valence-corrected chi connectivity index (χ1v) is 8.67. The number of hydrogen-bond donors (Lipinski definition) is 2. The number of nitrogens with one attached hydrogen (secondary N) is 1. The summed E-state index contributed by atoms with van der Waals surface area (Å²) in [5, 5.41) is 2.93. The molecule has 2 aromatic rings. The molecule has 3 heterocycles. The van der Waals surface area contributed by atoms with Gasteiger partial charge in [-0.2, -0.15) is 0 Å². The van der Waals surface area contributed by atoms with E-state index in [1.54, 1.807) is 25.4 Å². The van der Waals surface area contributed by atoms with Gasteiger partial charge in [-0.15, -0.1) is 0 Å². The summed E-state index contributed by atoms with van der Waals surface area (Å²) in [5.41, 5.74) is 9.13. The van der Waals surface area contributed by atoms with Gasteiger partial charge in [0, 0.05) is 32.4 Å². The number of nitrogen functional groups attached to an aromatic ring is 1. The average Bonchev–Trinajstić information content (AvgIpc) is 3.25. The number of rotatable bonds is 2. The van der Waals surface area contributed by atoms with Crippen molar-refractivity contribution < 1.29 is 9.59 Å². The SMILES string of the molecule is CC(=O)N1CC2CC1CN2C(=O)Nc1cc(-c2ccncc2)ccc1N. The number of fused-ring (bicyclic) bond motifs is 2. The average molecular weight is 351 g/mol. The van der Waals surface area contributed by atoms with Crippen LogP contribution in [0.5, 0.6) is 0 Å². The summed E-state index contributed by atoms with van der Waals surface area (Å²) in [5.74, 6) is 0.0758. The van der Waals surface area contributed by atoms with Crippen molar-refractivity contribution in [2.24, 2.45) is 0 Å². The van der Waals surface area contributed by atoms with E-state index < -0.39 is 0 Å². The van der Waals surface area contributed by atoms with Gasteiger partial charge in [0.1, 0.15) is 0 Å². The fourth-order valence-electron chi connectivity index (χ4n) is 3.88. The zero-order valence-electron chi connectivity index (χ0n) is 14.6. The van der Waals surface area contributed by atoms with E-state index in [1.165, 1.54) is 0 Å². The molecule has 0 radical (unpaired) electrons. The molecular weight excluding hydrogens is 330 g/mol. The van der Waals surface area contributed by atoms with Crippen LogP contribution in [0.2, 0.25) is 0 Å². The highest BCUT2D eigenvalue weighted by Gasteiger charge is 2.46. The maximum Gasteiger partial charge on any atom is 0.322 e. The van der Waals surface area contributed by atoms with E-state index in [1.807, 2.05) is 34.1 Å². The van der Waals surface area contributed by atoms with Gasteiger partial charge in [0.2, 0.25) is 5.91 Å². The molecule has 0 aliphatic carbocycles. The van der Waals surface area contributed by atoms with Crippen LogP contribution in [-0.4, -0.2) is 51.9 Å². The van der Waals surface area contributed by atoms with E-state index in [4.69, 9.17) is 5.73 Å². The Morgan fingerprint density at radius 1 is 1.08 bits per heavy atom. The van der Waals surface area contributed by atoms with Gasteiger partial charge >= 0.3 is 6.03 Å². The van der Waals surface area contributed by atoms with Crippen molar-refractivity contribution in [1.82, 2.24) is 14.8 Å². The first-order chi connectivity index (χ1) is 12.5. The number of carbonyl (C=O) groups is 2. The highest BCUT2D eigenvalue weighted by molar-refractivity contribution is 5.94. The van der Waals surface area contributed by atoms with Gasteiger partial charge in [0.05, 0.1) is 23.5 Å². The Morgan fingerprint density at radius 3 is 2.42 bits per heavy atom. The second kappa shape index (κ2) is 6.33. The van der Waals surface area contributed by atoms with E-state index in [0.717, 1.165) is 17.5 Å². The minimum Gasteiger partial charge on any atom is -0.397 e. The van der Waals surface area contributed by atoms with Crippen molar-refractivity contribution in [3.63, 3.8) is 0 Å². The predicted octanol–water partition coefficient (Wildman–Crippen LogP) is 2.17. The lowest BCUT2D eigenvalue weighted by molar-refractivity contribution is -0.130. The lowest BCUT2D eigenvalue weighted by Crippen LogP contribution is -2.51. The number of anilines is 2. The highest BCUT2D eigenvalue weighted by Crippen LogP contribution is 2.32. The van der Waals surface area contributed by atoms with Crippen LogP contribution in [0.1, 0.15) is 13.3 Å². The first-order valence-electron chi connectivity index (χ1n) is 8.67. The number of nitrogens with zero attached hydrogens (tertiary/aromatic N) is 3. The Hall–Kier alpha value is -3.09. The van der Waals surface area contributed by atoms with Gasteiger partial charge in [-0.1, -0.05) is 6.07 Å². The quantitative estimate of drug-likeness (QED) is 0.811. The van der Waals surface area contributed by atoms with E-state index in [9.17, 15) is 9.59 Å². The summed E-state index contributed by atoms with van der Waals surface area (Å²) in [4.78, 5) is 32.0. The molecule has 1 aromatic carbocycles. The molecule has 2 unspecified atom stereocenters. The minimum atomic E-state index is -0.167. The monoisotopic (exact) mass is 351 g/mol. The molecule has 3 amide bonds. The number of likely N-dealkylation sites (tertiary alicyclic amines) is 2. The number of hydrogen-bond acceptors (Lipinski definition) is 4. The number of aromatic nitrogens is 1. The van der Waals surface area contributed by atoms with E-state index in [2.05, 4.69) is 10.3 Å². The summed E-state index contributed by atoms with van der Waals surface area (Å²) >= 11 is 0. The van der Waals surface area contributed by atoms with Crippen molar-refractivity contribution in [2.75, 3.05) is 24.1 Å². The summed E-state index contributed by atoms with van der Waals surface area (Å²) < 4.78 is 0. The molecule has 2 fully saturated rings. The highest BCUT2D eigenvalue weighted by atomic mass is 16.2. The maximum absolute atomic E-state index is 12.7. The van der Waals surface area contributed by atoms with Gasteiger partial charge < -0.3 is 20.9 Å². The molecule has 134 valence electrons. The molecular formula is C19H21N5O2. The van der Waals surface area contributed by atoms with Crippen molar-refractivity contribution in [2.45, 2.75) is 25.4 Å². The second-order valence-corrected chi connectivity index (χ2v) is 6.84. The molecule has 0 saturated carbocycles. The molecule has 4 rings (SSSR count). The standard InChI is InChI=1S/C19H21N5O2/c1-12(25)23-10-16-9-15(23)11-24(16)19(26)22-18-8-14(2-3-17(18)20)13-4-6-21-7-5-13/h2-8,15-16H,9-11,20H2,1H3,(H,22,26). The maximum atomic E-state index is 12.7. The number of piperazine rings is 1. The van der Waals surface area contributed by atoms with Crippen LogP contribution in [-0.2, 0) is 4.79 Å². The van der Waals surface area contributed by atoms with Gasteiger partial charge in [-0.25, -0.2) is 4.79 Å². The van der Waals surface area contributed by atoms with E-state index in [0.29, 0.717) is 24.5 Å². The fourth-order valence-corrected chi connectivity index (χ4v) is 3.88. The topological polar surface area (TPSA) is 91.6 Å². The van der Waals surface area contributed by atoms with Crippen LogP contribution in [0.15, 0.2) is 42.7 Å². The molecule has 2 bridgehead atoms. The lowest BCUT2D eigenvalue weighted by atomic mass is 10.1. The van der Waals surface area contributed by atoms with Crippen molar-refractivity contribution in [3.8, 4) is 11.1 Å². The lowest BCUT2D eigenvalue weighted by Gasteiger charge is -2.33. The van der Waals surface area contributed by atoms with Gasteiger partial charge in [-0.3, -0.25) is 9.78 Å². The normalized spacial score (nSPS) is 21.1. The van der Waals surface area contributed by atoms with Crippen LogP contribution in [0.4, 0.5) is 16.2 Å². The van der Waals surface area contributed by atoms with E-state index in [-0.39, 0.29) is 24.0 Å². The molecule has 2 saturated heterocycles. The predicted molar refractivity (Wildman–Crippen MR) is 99.4 cm³/mol. The zero-order valence-corrected chi connectivity index (χ0v) is 14.6. The Bertz CT molecular complexity index is 854.